The molecule has 2 nitrogen and oxygen atoms in total. The van der Waals surface area contributed by atoms with Gasteiger partial charge in [0.2, 0.25) is 0 Å². The molecular weight excluding hydrogens is 393 g/mol. The minimum Gasteiger partial charge on any atom is -1.00 e. The zero-order valence-electron chi connectivity index (χ0n) is 7.30. The van der Waals surface area contributed by atoms with E-state index in [4.69, 9.17) is 15.8 Å². The topological polar surface area (TPSA) is 18.5 Å². The van der Waals surface area contributed by atoms with E-state index in [-0.39, 0.29) is 85.1 Å². The van der Waals surface area contributed by atoms with Crippen LogP contribution in [0, 0.1) is 0 Å². The standard InChI is InChI=1S/C5H9BO2.2BrH.2Zn/c1-4-5(2)8-6(3)7-4;;;;/h3-5H,1-2H3;2*1H;;/p-2. The Kier molecular flexibility index (Phi) is 21.0. The fourth-order valence-electron chi connectivity index (χ4n) is 0.676. The first-order valence-electron chi connectivity index (χ1n) is 2.76. The van der Waals surface area contributed by atoms with Gasteiger partial charge in [0.25, 0.3) is 0 Å². The molecule has 0 aliphatic carbocycles. The van der Waals surface area contributed by atoms with E-state index >= 15 is 0 Å². The van der Waals surface area contributed by atoms with E-state index in [9.17, 15) is 0 Å². The predicted molar refractivity (Wildman–Crippen MR) is 32.9 cm³/mol. The van der Waals surface area contributed by atoms with Gasteiger partial charge in [0.05, 0.1) is 12.2 Å². The number of hydrogen-bond donors (Lipinski definition) is 0. The van der Waals surface area contributed by atoms with Gasteiger partial charge in [-0.1, -0.05) is 0 Å². The van der Waals surface area contributed by atoms with Crippen molar-refractivity contribution in [2.75, 3.05) is 0 Å². The molecule has 1 rings (SSSR count). The first kappa shape index (κ1) is 23.5. The second kappa shape index (κ2) is 10.7. The molecule has 0 aromatic rings. The van der Waals surface area contributed by atoms with Gasteiger partial charge in [-0.25, -0.2) is 0 Å². The van der Waals surface area contributed by atoms with Crippen molar-refractivity contribution < 1.29 is 82.2 Å². The maximum atomic E-state index is 5.27. The van der Waals surface area contributed by atoms with Gasteiger partial charge in [-0.15, -0.1) is 0 Å². The van der Waals surface area contributed by atoms with E-state index in [1.807, 2.05) is 13.8 Å². The van der Waals surface area contributed by atoms with Crippen LogP contribution in [0.4, 0.5) is 0 Å². The summed E-state index contributed by atoms with van der Waals surface area (Å²) >= 11 is 0. The van der Waals surface area contributed by atoms with Crippen LogP contribution in [0.3, 0.4) is 0 Å². The number of halogens is 2. The molecular formula is C5H9BBr2O2Zn2-2. The van der Waals surface area contributed by atoms with E-state index in [0.717, 1.165) is 0 Å². The Labute approximate surface area is 120 Å². The molecule has 2 unspecified atom stereocenters. The molecule has 0 N–H and O–H groups in total. The molecule has 64 valence electrons. The molecule has 1 fully saturated rings. The average Bonchev–Trinajstić information content (AvgIpc) is 1.85. The van der Waals surface area contributed by atoms with Crippen molar-refractivity contribution in [1.29, 1.82) is 0 Å². The van der Waals surface area contributed by atoms with Gasteiger partial charge < -0.3 is 43.3 Å². The quantitative estimate of drug-likeness (QED) is 0.297. The summed E-state index contributed by atoms with van der Waals surface area (Å²) in [5.41, 5.74) is 0. The molecule has 0 bridgehead atoms. The van der Waals surface area contributed by atoms with Crippen molar-refractivity contribution in [1.82, 2.24) is 0 Å². The Hall–Kier alpha value is 1.65. The Morgan fingerprint density at radius 3 is 1.33 bits per heavy atom. The average molecular weight is 403 g/mol. The maximum absolute atomic E-state index is 5.27. The van der Waals surface area contributed by atoms with E-state index in [0.29, 0.717) is 0 Å². The summed E-state index contributed by atoms with van der Waals surface area (Å²) < 4.78 is 10.1. The zero-order chi connectivity index (χ0) is 6.15. The Morgan fingerprint density at radius 2 is 1.25 bits per heavy atom. The smallest absolute Gasteiger partial charge is 0.590 e. The number of rotatable bonds is 0. The van der Waals surface area contributed by atoms with Gasteiger partial charge in [-0.3, -0.25) is 0 Å². The fourth-order valence-corrected chi connectivity index (χ4v) is 0.676. The molecule has 0 aromatic heterocycles. The molecule has 1 saturated heterocycles. The van der Waals surface area contributed by atoms with Crippen LogP contribution in [0.1, 0.15) is 13.8 Å². The summed E-state index contributed by atoms with van der Waals surface area (Å²) in [4.78, 5) is 0. The van der Waals surface area contributed by atoms with Gasteiger partial charge >= 0.3 is 6.76 Å². The molecule has 1 heterocycles. The molecule has 2 atom stereocenters. The third-order valence-corrected chi connectivity index (χ3v) is 1.36. The molecule has 0 saturated carbocycles. The summed E-state index contributed by atoms with van der Waals surface area (Å²) in [6, 6.07) is 0. The van der Waals surface area contributed by atoms with E-state index in [2.05, 4.69) is 0 Å². The molecule has 1 aliphatic heterocycles. The minimum absolute atomic E-state index is 0. The first-order valence-corrected chi connectivity index (χ1v) is 2.76. The van der Waals surface area contributed by atoms with Crippen LogP contribution in [-0.4, -0.2) is 25.4 Å². The summed E-state index contributed by atoms with van der Waals surface area (Å²) in [5.74, 6) is 0. The van der Waals surface area contributed by atoms with Crippen molar-refractivity contribution in [3.8, 4) is 0 Å². The van der Waals surface area contributed by atoms with E-state index in [1.54, 1.807) is 0 Å². The monoisotopic (exact) mass is 398 g/mol. The van der Waals surface area contributed by atoms with Crippen LogP contribution in [0.5, 0.6) is 0 Å². The Bertz CT molecular complexity index is 116. The third kappa shape index (κ3) is 7.09. The third-order valence-electron chi connectivity index (χ3n) is 1.36. The second-order valence-electron chi connectivity index (χ2n) is 2.05. The van der Waals surface area contributed by atoms with Crippen molar-refractivity contribution in [2.24, 2.45) is 0 Å². The minimum atomic E-state index is -0.500. The Morgan fingerprint density at radius 1 is 1.00 bits per heavy atom. The van der Waals surface area contributed by atoms with Crippen molar-refractivity contribution in [2.45, 2.75) is 26.1 Å². The number of hydrogen-bond acceptors (Lipinski definition) is 2. The molecule has 7 heteroatoms. The van der Waals surface area contributed by atoms with Gasteiger partial charge in [-0.05, 0) is 13.8 Å². The zero-order valence-corrected chi connectivity index (χ0v) is 16.4. The van der Waals surface area contributed by atoms with E-state index in [1.165, 1.54) is 0 Å². The van der Waals surface area contributed by atoms with Gasteiger partial charge in [-0.2, -0.15) is 0 Å². The normalized spacial score (nSPS) is 24.2. The van der Waals surface area contributed by atoms with Crippen molar-refractivity contribution >= 4 is 13.2 Å². The SMILES string of the molecule is [Br-].[Br-].[CH+]=[B-]1OC(C)C(C)O1.[Zn].[Zn]. The largest absolute Gasteiger partial charge is 1.00 e. The van der Waals surface area contributed by atoms with Crippen LogP contribution in [-0.2, 0) is 48.3 Å². The van der Waals surface area contributed by atoms with Crippen LogP contribution in [0.25, 0.3) is 0 Å². The van der Waals surface area contributed by atoms with Crippen LogP contribution < -0.4 is 34.0 Å². The fraction of sp³-hybridized carbons (Fsp3) is 0.800. The molecule has 0 amide bonds. The van der Waals surface area contributed by atoms with Crippen LogP contribution >= 0.6 is 0 Å². The molecule has 1 aliphatic rings. The maximum Gasteiger partial charge on any atom is 0.590 e. The van der Waals surface area contributed by atoms with Crippen LogP contribution in [0.15, 0.2) is 0 Å². The second-order valence-corrected chi connectivity index (χ2v) is 2.05. The molecule has 12 heavy (non-hydrogen) atoms. The summed E-state index contributed by atoms with van der Waals surface area (Å²) in [7, 11) is 0. The van der Waals surface area contributed by atoms with Crippen LogP contribution in [0.2, 0.25) is 0 Å². The summed E-state index contributed by atoms with van der Waals surface area (Å²) in [6.45, 7) is 8.66. The van der Waals surface area contributed by atoms with Crippen molar-refractivity contribution in [3.63, 3.8) is 0 Å². The van der Waals surface area contributed by atoms with Crippen molar-refractivity contribution in [3.05, 3.63) is 0 Å². The van der Waals surface area contributed by atoms with E-state index < -0.39 is 6.76 Å². The molecule has 0 aromatic carbocycles. The molecule has 0 spiro atoms. The van der Waals surface area contributed by atoms with Gasteiger partial charge in [0.15, 0.2) is 0 Å². The summed E-state index contributed by atoms with van der Waals surface area (Å²) in [5, 5.41) is 0. The molecule has 0 radical (unpaired) electrons. The van der Waals surface area contributed by atoms with Gasteiger partial charge in [0, 0.05) is 45.4 Å². The summed E-state index contributed by atoms with van der Waals surface area (Å²) in [6.07, 6.45) is 0.287. The predicted octanol–water partition coefficient (Wildman–Crippen LogP) is -5.81. The first-order chi connectivity index (χ1) is 3.70. The Balaban J connectivity index is -0.0000000800. The van der Waals surface area contributed by atoms with Gasteiger partial charge in [0.1, 0.15) is 0 Å².